The lowest BCUT2D eigenvalue weighted by molar-refractivity contribution is -0.163. The number of nitrogens with zero attached hydrogens (tertiary/aromatic N) is 1. The maximum Gasteiger partial charge on any atom is 0.330 e. The number of thioether (sulfide) groups is 1. The number of amides is 3. The van der Waals surface area contributed by atoms with E-state index < -0.39 is 29.6 Å². The second kappa shape index (κ2) is 10.7. The SMILES string of the molecule is CC(=O)c1cccc(NC(=O)NCC(=O)N2[C@@H](c3ccccc3)SC[C@H]2C(=O)OC(C)(C)C)c1. The van der Waals surface area contributed by atoms with Crippen LogP contribution in [0, 0.1) is 0 Å². The molecule has 180 valence electrons. The minimum absolute atomic E-state index is 0.120. The number of nitrogens with one attached hydrogen (secondary N) is 2. The fraction of sp³-hybridized carbons (Fsp3) is 0.360. The van der Waals surface area contributed by atoms with Gasteiger partial charge in [0.2, 0.25) is 5.91 Å². The molecule has 0 aliphatic carbocycles. The van der Waals surface area contributed by atoms with Crippen LogP contribution in [0.15, 0.2) is 54.6 Å². The van der Waals surface area contributed by atoms with Crippen molar-refractivity contribution < 1.29 is 23.9 Å². The first kappa shape index (κ1) is 25.3. The molecule has 1 aliphatic heterocycles. The Morgan fingerprint density at radius 1 is 1.06 bits per heavy atom. The molecule has 3 amide bonds. The first-order valence-corrected chi connectivity index (χ1v) is 12.0. The summed E-state index contributed by atoms with van der Waals surface area (Å²) in [6.07, 6.45) is 0. The first-order valence-electron chi connectivity index (χ1n) is 10.9. The smallest absolute Gasteiger partial charge is 0.330 e. The van der Waals surface area contributed by atoms with Crippen molar-refractivity contribution >= 4 is 41.1 Å². The summed E-state index contributed by atoms with van der Waals surface area (Å²) in [6, 6.07) is 14.6. The molecule has 9 heteroatoms. The molecule has 3 rings (SSSR count). The average molecular weight is 484 g/mol. The van der Waals surface area contributed by atoms with Crippen molar-refractivity contribution in [1.82, 2.24) is 10.2 Å². The zero-order chi connectivity index (χ0) is 24.9. The minimum atomic E-state index is -0.765. The van der Waals surface area contributed by atoms with Gasteiger partial charge >= 0.3 is 12.0 Å². The van der Waals surface area contributed by atoms with Crippen molar-refractivity contribution in [2.75, 3.05) is 17.6 Å². The molecular formula is C25H29N3O5S. The summed E-state index contributed by atoms with van der Waals surface area (Å²) >= 11 is 1.48. The third-order valence-electron chi connectivity index (χ3n) is 4.98. The zero-order valence-electron chi connectivity index (χ0n) is 19.7. The molecule has 0 unspecified atom stereocenters. The molecule has 1 saturated heterocycles. The van der Waals surface area contributed by atoms with Gasteiger partial charge in [0.05, 0.1) is 6.54 Å². The Bertz CT molecular complexity index is 1070. The van der Waals surface area contributed by atoms with Gasteiger partial charge in [0.25, 0.3) is 0 Å². The molecule has 2 N–H and O–H groups in total. The maximum atomic E-state index is 13.2. The number of ketones is 1. The number of hydrogen-bond donors (Lipinski definition) is 2. The number of carbonyl (C=O) groups is 4. The molecule has 1 aliphatic rings. The third-order valence-corrected chi connectivity index (χ3v) is 6.30. The van der Waals surface area contributed by atoms with Crippen LogP contribution in [-0.2, 0) is 14.3 Å². The Hall–Kier alpha value is -3.33. The lowest BCUT2D eigenvalue weighted by atomic mass is 10.1. The van der Waals surface area contributed by atoms with E-state index in [1.54, 1.807) is 45.0 Å². The largest absolute Gasteiger partial charge is 0.458 e. The van der Waals surface area contributed by atoms with E-state index in [1.807, 2.05) is 30.3 Å². The Balaban J connectivity index is 1.71. The predicted octanol–water partition coefficient (Wildman–Crippen LogP) is 4.00. The summed E-state index contributed by atoms with van der Waals surface area (Å²) in [4.78, 5) is 51.5. The van der Waals surface area contributed by atoms with Crippen LogP contribution in [0.4, 0.5) is 10.5 Å². The fourth-order valence-corrected chi connectivity index (χ4v) is 4.91. The summed E-state index contributed by atoms with van der Waals surface area (Å²) in [5.74, 6) is -0.602. The molecule has 2 aromatic rings. The molecule has 0 saturated carbocycles. The second-order valence-corrected chi connectivity index (χ2v) is 10.0. The highest BCUT2D eigenvalue weighted by Crippen LogP contribution is 2.41. The van der Waals surface area contributed by atoms with Crippen LogP contribution < -0.4 is 10.6 Å². The van der Waals surface area contributed by atoms with Crippen molar-refractivity contribution in [2.24, 2.45) is 0 Å². The maximum absolute atomic E-state index is 13.2. The molecule has 1 heterocycles. The summed E-state index contributed by atoms with van der Waals surface area (Å²) in [5.41, 5.74) is 1.10. The number of esters is 1. The van der Waals surface area contributed by atoms with Gasteiger partial charge in [-0.25, -0.2) is 9.59 Å². The van der Waals surface area contributed by atoms with Crippen molar-refractivity contribution in [1.29, 1.82) is 0 Å². The van der Waals surface area contributed by atoms with Crippen LogP contribution >= 0.6 is 11.8 Å². The van der Waals surface area contributed by atoms with Crippen molar-refractivity contribution in [3.05, 3.63) is 65.7 Å². The molecule has 2 atom stereocenters. The zero-order valence-corrected chi connectivity index (χ0v) is 20.5. The highest BCUT2D eigenvalue weighted by atomic mass is 32.2. The number of ether oxygens (including phenoxy) is 1. The lowest BCUT2D eigenvalue weighted by Gasteiger charge is -2.30. The van der Waals surface area contributed by atoms with Crippen molar-refractivity contribution in [3.8, 4) is 0 Å². The summed E-state index contributed by atoms with van der Waals surface area (Å²) in [6.45, 7) is 6.47. The van der Waals surface area contributed by atoms with Gasteiger partial charge in [-0.05, 0) is 45.4 Å². The Kier molecular flexibility index (Phi) is 7.98. The molecule has 2 aromatic carbocycles. The average Bonchev–Trinajstić information content (AvgIpc) is 3.23. The molecule has 0 bridgehead atoms. The molecule has 0 radical (unpaired) electrons. The standard InChI is InChI=1S/C25H29N3O5S/c1-16(29)18-11-8-12-19(13-18)27-24(32)26-14-21(30)28-20(23(31)33-25(2,3)4)15-34-22(28)17-9-6-5-7-10-17/h5-13,20,22H,14-15H2,1-4H3,(H2,26,27,32)/t20-,22+/m0/s1. The van der Waals surface area contributed by atoms with Crippen molar-refractivity contribution in [2.45, 2.75) is 44.7 Å². The Morgan fingerprint density at radius 3 is 2.41 bits per heavy atom. The minimum Gasteiger partial charge on any atom is -0.458 e. The molecule has 0 spiro atoms. The van der Waals surface area contributed by atoms with Gasteiger partial charge in [-0.3, -0.25) is 9.59 Å². The van der Waals surface area contributed by atoms with Crippen LogP contribution in [-0.4, -0.2) is 52.5 Å². The molecule has 8 nitrogen and oxygen atoms in total. The van der Waals surface area contributed by atoms with Crippen molar-refractivity contribution in [3.63, 3.8) is 0 Å². The fourth-order valence-electron chi connectivity index (χ4n) is 3.48. The van der Waals surface area contributed by atoms with Crippen LogP contribution in [0.3, 0.4) is 0 Å². The van der Waals surface area contributed by atoms with Gasteiger partial charge in [-0.2, -0.15) is 0 Å². The monoisotopic (exact) mass is 483 g/mol. The van der Waals surface area contributed by atoms with E-state index in [2.05, 4.69) is 10.6 Å². The third kappa shape index (κ3) is 6.60. The molecule has 0 aromatic heterocycles. The Morgan fingerprint density at radius 2 is 1.76 bits per heavy atom. The van der Waals surface area contributed by atoms with Crippen LogP contribution in [0.5, 0.6) is 0 Å². The number of carbonyl (C=O) groups excluding carboxylic acids is 4. The van der Waals surface area contributed by atoms with E-state index in [0.29, 0.717) is 17.0 Å². The van der Waals surface area contributed by atoms with E-state index in [-0.39, 0.29) is 17.7 Å². The topological polar surface area (TPSA) is 105 Å². The Labute approximate surface area is 203 Å². The molecule has 1 fully saturated rings. The van der Waals surface area contributed by atoms with Gasteiger partial charge in [0.15, 0.2) is 5.78 Å². The summed E-state index contributed by atoms with van der Waals surface area (Å²) in [5, 5.41) is 4.80. The van der Waals surface area contributed by atoms with Gasteiger partial charge in [-0.1, -0.05) is 42.5 Å². The number of urea groups is 1. The quantitative estimate of drug-likeness (QED) is 0.475. The van der Waals surface area contributed by atoms with Gasteiger partial charge in [0.1, 0.15) is 17.0 Å². The number of anilines is 1. The number of hydrogen-bond acceptors (Lipinski definition) is 6. The summed E-state index contributed by atoms with van der Waals surface area (Å²) in [7, 11) is 0. The van der Waals surface area contributed by atoms with Crippen LogP contribution in [0.25, 0.3) is 0 Å². The number of benzene rings is 2. The van der Waals surface area contributed by atoms with E-state index in [4.69, 9.17) is 4.74 Å². The van der Waals surface area contributed by atoms with Crippen LogP contribution in [0.1, 0.15) is 49.0 Å². The van der Waals surface area contributed by atoms with Gasteiger partial charge in [0, 0.05) is 17.0 Å². The lowest BCUT2D eigenvalue weighted by Crippen LogP contribution is -2.49. The highest BCUT2D eigenvalue weighted by Gasteiger charge is 2.43. The number of Topliss-reactive ketones (excluding diaryl/α,β-unsaturated/α-hetero) is 1. The van der Waals surface area contributed by atoms with Crippen LogP contribution in [0.2, 0.25) is 0 Å². The number of rotatable bonds is 6. The normalized spacial score (nSPS) is 17.7. The second-order valence-electron chi connectivity index (χ2n) is 8.89. The van der Waals surface area contributed by atoms with E-state index in [9.17, 15) is 19.2 Å². The van der Waals surface area contributed by atoms with E-state index >= 15 is 0 Å². The first-order chi connectivity index (χ1) is 16.0. The summed E-state index contributed by atoms with van der Waals surface area (Å²) < 4.78 is 5.55. The predicted molar refractivity (Wildman–Crippen MR) is 132 cm³/mol. The van der Waals surface area contributed by atoms with E-state index in [0.717, 1.165) is 5.56 Å². The van der Waals surface area contributed by atoms with E-state index in [1.165, 1.54) is 23.6 Å². The molecular weight excluding hydrogens is 454 g/mol. The highest BCUT2D eigenvalue weighted by molar-refractivity contribution is 7.99. The van der Waals surface area contributed by atoms with Gasteiger partial charge in [-0.15, -0.1) is 11.8 Å². The van der Waals surface area contributed by atoms with Gasteiger partial charge < -0.3 is 20.3 Å². The molecule has 34 heavy (non-hydrogen) atoms.